The number of phenols is 2. The number of rotatable bonds is 10. The van der Waals surface area contributed by atoms with Crippen LogP contribution in [0, 0.1) is 44.1 Å². The van der Waals surface area contributed by atoms with Crippen molar-refractivity contribution in [2.24, 2.45) is 17.8 Å². The van der Waals surface area contributed by atoms with E-state index < -0.39 is 0 Å². The first kappa shape index (κ1) is 62.3. The number of benzene rings is 6. The van der Waals surface area contributed by atoms with Crippen LogP contribution in [-0.2, 0) is 163 Å². The molecule has 0 aromatic heterocycles. The van der Waals surface area contributed by atoms with Crippen molar-refractivity contribution < 1.29 is 141 Å². The van der Waals surface area contributed by atoms with Crippen LogP contribution in [0.2, 0.25) is 0 Å². The minimum atomic E-state index is 0. The zero-order chi connectivity index (χ0) is 39.7. The van der Waals surface area contributed by atoms with Gasteiger partial charge in [0.25, 0.3) is 0 Å². The van der Waals surface area contributed by atoms with Crippen molar-refractivity contribution in [1.29, 1.82) is 0 Å². The maximum absolute atomic E-state index is 9.43. The van der Waals surface area contributed by atoms with E-state index in [1.54, 1.807) is 24.3 Å². The maximum Gasteiger partial charge on any atom is 0.115 e. The van der Waals surface area contributed by atoms with Crippen molar-refractivity contribution in [3.8, 4) is 11.5 Å². The van der Waals surface area contributed by atoms with Gasteiger partial charge in [0.2, 0.25) is 0 Å². The fourth-order valence-corrected chi connectivity index (χ4v) is 8.32. The molecule has 0 unspecified atom stereocenters. The van der Waals surface area contributed by atoms with E-state index in [0.29, 0.717) is 11.5 Å². The summed E-state index contributed by atoms with van der Waals surface area (Å²) >= 11 is 0. The molecule has 0 saturated heterocycles. The maximum atomic E-state index is 9.43. The first-order chi connectivity index (χ1) is 27.8. The van der Waals surface area contributed by atoms with Crippen molar-refractivity contribution in [1.82, 2.24) is 0 Å². The summed E-state index contributed by atoms with van der Waals surface area (Å²) in [6.07, 6.45) is 18.7. The van der Waals surface area contributed by atoms with E-state index in [2.05, 4.69) is 123 Å². The summed E-state index contributed by atoms with van der Waals surface area (Å²) in [6, 6.07) is 53.1. The second kappa shape index (κ2) is 34.6. The summed E-state index contributed by atoms with van der Waals surface area (Å²) in [5, 5.41) is 18.8. The molecule has 2 N–H and O–H groups in total. The average Bonchev–Trinajstić information content (AvgIpc) is 3.24. The Morgan fingerprint density at radius 3 is 1.05 bits per heavy atom. The minimum Gasteiger partial charge on any atom is -0.508 e. The summed E-state index contributed by atoms with van der Waals surface area (Å²) < 4.78 is 0. The molecule has 0 heterocycles. The molecule has 6 aromatic carbocycles. The minimum absolute atomic E-state index is 0. The fourth-order valence-electron chi connectivity index (χ4n) is 8.32. The van der Waals surface area contributed by atoms with Crippen molar-refractivity contribution in [3.05, 3.63) is 208 Å². The summed E-state index contributed by atoms with van der Waals surface area (Å²) in [7, 11) is 0. The van der Waals surface area contributed by atoms with Gasteiger partial charge in [-0.15, -0.1) is 0 Å². The van der Waals surface area contributed by atoms with Crippen LogP contribution in [0.3, 0.4) is 0 Å². The Morgan fingerprint density at radius 2 is 0.667 bits per heavy atom. The molecule has 2 fully saturated rings. The summed E-state index contributed by atoms with van der Waals surface area (Å²) in [5.74, 6) is 3.19. The average molecular weight is 1140 g/mol. The smallest absolute Gasteiger partial charge is 0.115 e. The van der Waals surface area contributed by atoms with E-state index >= 15 is 0 Å². The number of hydrogen-bond acceptors (Lipinski definition) is 2. The van der Waals surface area contributed by atoms with Gasteiger partial charge in [-0.2, -0.15) is 48.7 Å². The molecule has 6 heteroatoms. The van der Waals surface area contributed by atoms with Crippen LogP contribution in [0.1, 0.15) is 116 Å². The number of aryl methyl sites for hydroxylation is 2. The van der Waals surface area contributed by atoms with E-state index in [1.165, 1.54) is 114 Å². The summed E-state index contributed by atoms with van der Waals surface area (Å²) in [5.41, 5.74) is 12.2. The molecule has 8 rings (SSSR count). The molecule has 324 valence electrons. The van der Waals surface area contributed by atoms with Crippen LogP contribution in [0.25, 0.3) is 0 Å². The monoisotopic (exact) mass is 1140 g/mol. The van der Waals surface area contributed by atoms with Gasteiger partial charge >= 0.3 is 0 Å². The normalized spacial score (nSPS) is 15.1. The molecule has 2 saturated carbocycles. The van der Waals surface area contributed by atoms with E-state index in [4.69, 9.17) is 0 Å². The van der Waals surface area contributed by atoms with Crippen molar-refractivity contribution in [3.63, 3.8) is 0 Å². The summed E-state index contributed by atoms with van der Waals surface area (Å²) in [4.78, 5) is 0. The first-order valence-electron chi connectivity index (χ1n) is 21.3. The third-order valence-electron chi connectivity index (χ3n) is 11.8. The van der Waals surface area contributed by atoms with Gasteiger partial charge < -0.3 is 16.6 Å². The largest absolute Gasteiger partial charge is 0.508 e. The zero-order valence-electron chi connectivity index (χ0n) is 36.6. The molecule has 2 nitrogen and oxygen atoms in total. The Morgan fingerprint density at radius 1 is 0.397 bits per heavy atom. The Hall–Kier alpha value is -0.664. The number of phenolic OH excluding ortho intramolecular Hbond substituents is 2. The predicted octanol–water partition coefficient (Wildman–Crippen LogP) is 14.9. The van der Waals surface area contributed by atoms with E-state index in [9.17, 15) is 10.2 Å². The molecule has 2 aliphatic rings. The third-order valence-corrected chi connectivity index (χ3v) is 11.8. The second-order valence-electron chi connectivity index (χ2n) is 16.7. The van der Waals surface area contributed by atoms with Gasteiger partial charge in [-0.05, 0) is 147 Å². The second-order valence-corrected chi connectivity index (χ2v) is 16.7. The Bertz CT molecular complexity index is 2000. The van der Waals surface area contributed by atoms with Crippen molar-refractivity contribution in [2.75, 3.05) is 0 Å². The van der Waals surface area contributed by atoms with E-state index in [0.717, 1.165) is 37.0 Å². The van der Waals surface area contributed by atoms with Gasteiger partial charge in [-0.3, -0.25) is 0 Å². The predicted molar refractivity (Wildman–Crippen MR) is 252 cm³/mol. The third kappa shape index (κ3) is 23.8. The molecule has 0 atom stereocenters. The van der Waals surface area contributed by atoms with Gasteiger partial charge in [-0.25, -0.2) is 0 Å². The van der Waals surface area contributed by atoms with Crippen molar-refractivity contribution >= 4 is 0 Å². The number of hydrogen-bond donors (Lipinski definition) is 2. The van der Waals surface area contributed by atoms with Crippen LogP contribution in [0.15, 0.2) is 146 Å². The standard InChI is InChI=1S/C27H30O2.C14H19.C14H13.2CH4.4Y/c28-26-13-9-24(10-14-26)18-22-5-1-20(2-6-22)17-21-3-7-23(8-4-21)19-25-11-15-27(29)16-12-25;2*1-12-7-9-14(10-8-12)11-13-5-3-2-4-6-13;;;;;;/h1-2,5-6,9-16,21,23,28-29H,3-4,7-8,17-19H2;2,7-10,13H,3-6,11H2,1H3;3-10H,11H2,1H3;2*1H4;;;;/q;2*-1;;;;;;. The molecule has 0 spiro atoms. The topological polar surface area (TPSA) is 40.5 Å². The Labute approximate surface area is 484 Å². The molecular formula is C57H70O2Y4-2. The molecule has 0 bridgehead atoms. The van der Waals surface area contributed by atoms with Crippen LogP contribution in [0.4, 0.5) is 0 Å². The quantitative estimate of drug-likeness (QED) is 0.134. The molecule has 0 aliphatic heterocycles. The molecule has 0 amide bonds. The van der Waals surface area contributed by atoms with Gasteiger partial charge in [0.1, 0.15) is 11.5 Å². The molecular weight excluding hydrogens is 1070 g/mol. The van der Waals surface area contributed by atoms with Crippen LogP contribution in [0.5, 0.6) is 11.5 Å². The Kier molecular flexibility index (Phi) is 34.2. The first-order valence-corrected chi connectivity index (χ1v) is 21.3. The van der Waals surface area contributed by atoms with E-state index in [1.807, 2.05) is 24.3 Å². The van der Waals surface area contributed by atoms with E-state index in [-0.39, 0.29) is 146 Å². The van der Waals surface area contributed by atoms with Gasteiger partial charge in [-0.1, -0.05) is 136 Å². The molecule has 2 aliphatic carbocycles. The fraction of sp³-hybridized carbons (Fsp3) is 0.351. The molecule has 4 radical (unpaired) electrons. The number of aromatic hydroxyl groups is 2. The van der Waals surface area contributed by atoms with Gasteiger partial charge in [0.05, 0.1) is 0 Å². The van der Waals surface area contributed by atoms with Crippen molar-refractivity contribution in [2.45, 2.75) is 112 Å². The van der Waals surface area contributed by atoms with Crippen LogP contribution in [-0.4, -0.2) is 10.2 Å². The Balaban J connectivity index is 0.000000963. The van der Waals surface area contributed by atoms with Crippen LogP contribution >= 0.6 is 0 Å². The van der Waals surface area contributed by atoms with Gasteiger partial charge in [0, 0.05) is 131 Å². The zero-order valence-corrected chi connectivity index (χ0v) is 47.9. The van der Waals surface area contributed by atoms with Gasteiger partial charge in [0.15, 0.2) is 0 Å². The molecule has 6 aromatic rings. The van der Waals surface area contributed by atoms with Crippen LogP contribution < -0.4 is 0 Å². The summed E-state index contributed by atoms with van der Waals surface area (Å²) in [6.45, 7) is 4.26. The molecule has 63 heavy (non-hydrogen) atoms. The SMILES string of the molecule is C.C.Cc1ccc(CC2CC[CH-]CC2)cc1.Cc1ccc(Cc2cc[c-]cc2)cc1.Oc1ccc(Cc2ccc(CC3CCC(Cc4ccc(O)cc4)CC3)cc2)cc1.[Y].[Y].[Y].[Y].